The zero-order valence-electron chi connectivity index (χ0n) is 12.2. The number of rotatable bonds is 8. The predicted octanol–water partition coefficient (Wildman–Crippen LogP) is 2.23. The Morgan fingerprint density at radius 3 is 2.60 bits per heavy atom. The minimum absolute atomic E-state index is 0.285. The van der Waals surface area contributed by atoms with Crippen molar-refractivity contribution in [2.24, 2.45) is 0 Å². The van der Waals surface area contributed by atoms with Crippen molar-refractivity contribution in [1.82, 2.24) is 5.32 Å². The van der Waals surface area contributed by atoms with Crippen molar-refractivity contribution in [3.63, 3.8) is 0 Å². The lowest BCUT2D eigenvalue weighted by Gasteiger charge is -2.32. The van der Waals surface area contributed by atoms with Gasteiger partial charge in [-0.2, -0.15) is 0 Å². The molecule has 1 atom stereocenters. The van der Waals surface area contributed by atoms with E-state index in [1.165, 1.54) is 7.11 Å². The molecule has 4 nitrogen and oxygen atoms in total. The first kappa shape index (κ1) is 15.0. The van der Waals surface area contributed by atoms with Crippen molar-refractivity contribution in [2.45, 2.75) is 37.8 Å². The summed E-state index contributed by atoms with van der Waals surface area (Å²) >= 11 is 0. The van der Waals surface area contributed by atoms with Crippen molar-refractivity contribution >= 4 is 5.97 Å². The van der Waals surface area contributed by atoms with E-state index in [2.05, 4.69) is 12.2 Å². The van der Waals surface area contributed by atoms with Gasteiger partial charge in [0.25, 0.3) is 0 Å². The van der Waals surface area contributed by atoms with Gasteiger partial charge in [-0.1, -0.05) is 37.3 Å². The molecule has 0 aromatic heterocycles. The molecule has 0 saturated heterocycles. The van der Waals surface area contributed by atoms with Crippen LogP contribution in [-0.2, 0) is 19.8 Å². The fourth-order valence-corrected chi connectivity index (χ4v) is 2.29. The van der Waals surface area contributed by atoms with Crippen LogP contribution >= 0.6 is 0 Å². The second kappa shape index (κ2) is 6.86. The van der Waals surface area contributed by atoms with Crippen LogP contribution in [0.4, 0.5) is 0 Å². The number of esters is 1. The van der Waals surface area contributed by atoms with Crippen LogP contribution in [0.5, 0.6) is 0 Å². The Morgan fingerprint density at radius 1 is 1.35 bits per heavy atom. The summed E-state index contributed by atoms with van der Waals surface area (Å²) in [7, 11) is 1.43. The van der Waals surface area contributed by atoms with E-state index in [0.717, 1.165) is 24.8 Å². The Bertz CT molecular complexity index is 431. The molecule has 0 spiro atoms. The lowest BCUT2D eigenvalue weighted by atomic mass is 9.90. The minimum atomic E-state index is -0.896. The van der Waals surface area contributed by atoms with E-state index in [9.17, 15) is 4.79 Å². The van der Waals surface area contributed by atoms with Crippen LogP contribution in [0.3, 0.4) is 0 Å². The highest BCUT2D eigenvalue weighted by Gasteiger charge is 2.45. The average Bonchev–Trinajstić information content (AvgIpc) is 3.30. The summed E-state index contributed by atoms with van der Waals surface area (Å²) in [6.45, 7) is 2.99. The van der Waals surface area contributed by atoms with E-state index in [1.54, 1.807) is 0 Å². The molecule has 20 heavy (non-hydrogen) atoms. The molecule has 110 valence electrons. The molecule has 1 aromatic carbocycles. The van der Waals surface area contributed by atoms with Crippen LogP contribution in [0, 0.1) is 0 Å². The van der Waals surface area contributed by atoms with Gasteiger partial charge in [-0.25, -0.2) is 4.79 Å². The molecule has 1 aliphatic carbocycles. The number of hydrogen-bond acceptors (Lipinski definition) is 4. The lowest BCUT2D eigenvalue weighted by molar-refractivity contribution is -0.152. The van der Waals surface area contributed by atoms with Crippen LogP contribution in [-0.4, -0.2) is 32.3 Å². The Hall–Kier alpha value is -1.39. The zero-order chi connectivity index (χ0) is 14.4. The van der Waals surface area contributed by atoms with Crippen molar-refractivity contribution in [3.05, 3.63) is 35.9 Å². The van der Waals surface area contributed by atoms with Crippen LogP contribution in [0.25, 0.3) is 0 Å². The second-order valence-corrected chi connectivity index (χ2v) is 5.23. The van der Waals surface area contributed by atoms with Crippen LogP contribution in [0.1, 0.15) is 31.7 Å². The molecule has 2 rings (SSSR count). The number of carbonyl (C=O) groups is 1. The summed E-state index contributed by atoms with van der Waals surface area (Å²) in [4.78, 5) is 12.4. The summed E-state index contributed by atoms with van der Waals surface area (Å²) in [5.74, 6) is -0.285. The molecule has 0 radical (unpaired) electrons. The van der Waals surface area contributed by atoms with Crippen molar-refractivity contribution < 1.29 is 14.3 Å². The van der Waals surface area contributed by atoms with Crippen LogP contribution < -0.4 is 5.32 Å². The molecular formula is C16H23NO3. The Morgan fingerprint density at radius 2 is 2.05 bits per heavy atom. The van der Waals surface area contributed by atoms with Gasteiger partial charge in [-0.3, -0.25) is 5.32 Å². The Balaban J connectivity index is 2.28. The van der Waals surface area contributed by atoms with E-state index in [4.69, 9.17) is 9.47 Å². The van der Waals surface area contributed by atoms with Gasteiger partial charge in [0.05, 0.1) is 13.7 Å². The van der Waals surface area contributed by atoms with Crippen molar-refractivity contribution in [1.29, 1.82) is 0 Å². The van der Waals surface area contributed by atoms with E-state index in [-0.39, 0.29) is 5.97 Å². The molecular weight excluding hydrogens is 254 g/mol. The van der Waals surface area contributed by atoms with E-state index < -0.39 is 5.54 Å². The van der Waals surface area contributed by atoms with Crippen LogP contribution in [0.2, 0.25) is 0 Å². The van der Waals surface area contributed by atoms with Gasteiger partial charge in [-0.05, 0) is 24.8 Å². The largest absolute Gasteiger partial charge is 0.467 e. The predicted molar refractivity (Wildman–Crippen MR) is 77.4 cm³/mol. The third-order valence-electron chi connectivity index (χ3n) is 3.50. The van der Waals surface area contributed by atoms with Crippen molar-refractivity contribution in [3.8, 4) is 0 Å². The monoisotopic (exact) mass is 277 g/mol. The molecule has 0 aliphatic heterocycles. The lowest BCUT2D eigenvalue weighted by Crippen LogP contribution is -2.54. The average molecular weight is 277 g/mol. The molecule has 0 heterocycles. The third-order valence-corrected chi connectivity index (χ3v) is 3.50. The number of carbonyl (C=O) groups excluding carboxylic acids is 1. The maximum absolute atomic E-state index is 12.4. The second-order valence-electron chi connectivity index (χ2n) is 5.23. The SMILES string of the molecule is CCCOCC(NC1CC1)(C(=O)OC)c1ccccc1. The highest BCUT2D eigenvalue weighted by atomic mass is 16.5. The fraction of sp³-hybridized carbons (Fsp3) is 0.562. The molecule has 0 amide bonds. The summed E-state index contributed by atoms with van der Waals surface area (Å²) < 4.78 is 10.7. The van der Waals surface area contributed by atoms with E-state index >= 15 is 0 Å². The van der Waals surface area contributed by atoms with Gasteiger partial charge < -0.3 is 9.47 Å². The third kappa shape index (κ3) is 3.38. The number of ether oxygens (including phenoxy) is 2. The summed E-state index contributed by atoms with van der Waals surface area (Å²) in [6.07, 6.45) is 3.12. The Kier molecular flexibility index (Phi) is 5.15. The van der Waals surface area contributed by atoms with Gasteiger partial charge >= 0.3 is 5.97 Å². The molecule has 1 aliphatic rings. The molecule has 4 heteroatoms. The molecule has 1 N–H and O–H groups in total. The van der Waals surface area contributed by atoms with E-state index in [1.807, 2.05) is 30.3 Å². The molecule has 1 fully saturated rings. The fourth-order valence-electron chi connectivity index (χ4n) is 2.29. The minimum Gasteiger partial charge on any atom is -0.467 e. The smallest absolute Gasteiger partial charge is 0.333 e. The van der Waals surface area contributed by atoms with E-state index in [0.29, 0.717) is 19.3 Å². The maximum Gasteiger partial charge on any atom is 0.333 e. The van der Waals surface area contributed by atoms with Gasteiger partial charge in [-0.15, -0.1) is 0 Å². The topological polar surface area (TPSA) is 47.6 Å². The first-order valence-electron chi connectivity index (χ1n) is 7.22. The first-order chi connectivity index (χ1) is 9.73. The quantitative estimate of drug-likeness (QED) is 0.585. The summed E-state index contributed by atoms with van der Waals surface area (Å²) in [5, 5.41) is 3.43. The number of nitrogens with one attached hydrogen (secondary N) is 1. The number of benzene rings is 1. The highest BCUT2D eigenvalue weighted by Crippen LogP contribution is 2.30. The maximum atomic E-state index is 12.4. The summed E-state index contributed by atoms with van der Waals surface area (Å²) in [6, 6.07) is 10.1. The van der Waals surface area contributed by atoms with Gasteiger partial charge in [0.2, 0.25) is 0 Å². The standard InChI is InChI=1S/C16H23NO3/c1-3-11-20-12-16(15(18)19-2,17-14-9-10-14)13-7-5-4-6-8-13/h4-8,14,17H,3,9-12H2,1-2H3. The summed E-state index contributed by atoms with van der Waals surface area (Å²) in [5.41, 5.74) is 0.00153. The number of methoxy groups -OCH3 is 1. The molecule has 1 unspecified atom stereocenters. The zero-order valence-corrected chi connectivity index (χ0v) is 12.2. The molecule has 1 saturated carbocycles. The van der Waals surface area contributed by atoms with Gasteiger partial charge in [0, 0.05) is 12.6 Å². The highest BCUT2D eigenvalue weighted by molar-refractivity contribution is 5.83. The first-order valence-corrected chi connectivity index (χ1v) is 7.22. The molecule has 0 bridgehead atoms. The Labute approximate surface area is 120 Å². The number of hydrogen-bond donors (Lipinski definition) is 1. The van der Waals surface area contributed by atoms with Gasteiger partial charge in [0.15, 0.2) is 5.54 Å². The molecule has 1 aromatic rings. The van der Waals surface area contributed by atoms with Crippen LogP contribution in [0.15, 0.2) is 30.3 Å². The van der Waals surface area contributed by atoms with Crippen molar-refractivity contribution in [2.75, 3.05) is 20.3 Å². The normalized spacial score (nSPS) is 17.5. The van der Waals surface area contributed by atoms with Gasteiger partial charge in [0.1, 0.15) is 0 Å².